The SMILES string of the molecule is CCCCCCCC[N+](C)(C)CCCCCCCCBr.[Br-]. The molecule has 0 rings (SSSR count). The average Bonchev–Trinajstić information content (AvgIpc) is 2.41. The van der Waals surface area contributed by atoms with Crippen LogP contribution in [0.25, 0.3) is 0 Å². The van der Waals surface area contributed by atoms with Crippen LogP contribution in [0, 0.1) is 0 Å². The zero-order chi connectivity index (χ0) is 15.1. The number of nitrogens with zero attached hydrogens (tertiary/aromatic N) is 1. The number of alkyl halides is 1. The first-order chi connectivity index (χ1) is 9.62. The van der Waals surface area contributed by atoms with E-state index in [1.54, 1.807) is 0 Å². The van der Waals surface area contributed by atoms with Crippen LogP contribution in [0.4, 0.5) is 0 Å². The van der Waals surface area contributed by atoms with E-state index in [0.29, 0.717) is 0 Å². The highest BCUT2D eigenvalue weighted by Crippen LogP contribution is 2.11. The summed E-state index contributed by atoms with van der Waals surface area (Å²) in [5.74, 6) is 0. The van der Waals surface area contributed by atoms with Crippen LogP contribution in [0.1, 0.15) is 84.0 Å². The highest BCUT2D eigenvalue weighted by molar-refractivity contribution is 9.09. The summed E-state index contributed by atoms with van der Waals surface area (Å²) in [6.45, 7) is 5.03. The minimum Gasteiger partial charge on any atom is -1.00 e. The second-order valence-corrected chi connectivity index (χ2v) is 7.75. The molecule has 0 N–H and O–H groups in total. The van der Waals surface area contributed by atoms with Gasteiger partial charge in [-0.2, -0.15) is 0 Å². The first kappa shape index (κ1) is 24.2. The summed E-state index contributed by atoms with van der Waals surface area (Å²) < 4.78 is 1.23. The Balaban J connectivity index is 0. The Hall–Kier alpha value is 0.920. The fourth-order valence-corrected chi connectivity index (χ4v) is 3.17. The summed E-state index contributed by atoms with van der Waals surface area (Å²) in [6.07, 6.45) is 17.0. The van der Waals surface area contributed by atoms with E-state index >= 15 is 0 Å². The lowest BCUT2D eigenvalue weighted by Gasteiger charge is -2.30. The van der Waals surface area contributed by atoms with E-state index in [1.165, 1.54) is 100.0 Å². The van der Waals surface area contributed by atoms with Crippen molar-refractivity contribution in [1.29, 1.82) is 0 Å². The van der Waals surface area contributed by atoms with Gasteiger partial charge in [0.2, 0.25) is 0 Å². The largest absolute Gasteiger partial charge is 1.00 e. The van der Waals surface area contributed by atoms with Crippen molar-refractivity contribution in [2.75, 3.05) is 32.5 Å². The summed E-state index contributed by atoms with van der Waals surface area (Å²) in [7, 11) is 4.83. The second-order valence-electron chi connectivity index (χ2n) is 6.96. The molecular formula is C18H39Br2N. The van der Waals surface area contributed by atoms with Gasteiger partial charge in [-0.05, 0) is 32.1 Å². The lowest BCUT2D eigenvalue weighted by molar-refractivity contribution is -0.890. The molecule has 0 atom stereocenters. The van der Waals surface area contributed by atoms with Gasteiger partial charge < -0.3 is 21.5 Å². The first-order valence-electron chi connectivity index (χ1n) is 9.00. The number of halogens is 2. The topological polar surface area (TPSA) is 0 Å². The van der Waals surface area contributed by atoms with Crippen LogP contribution in [0.15, 0.2) is 0 Å². The normalized spacial score (nSPS) is 11.4. The van der Waals surface area contributed by atoms with Gasteiger partial charge >= 0.3 is 0 Å². The molecule has 0 aromatic rings. The van der Waals surface area contributed by atoms with Gasteiger partial charge in [0.25, 0.3) is 0 Å². The van der Waals surface area contributed by atoms with Crippen LogP contribution in [0.2, 0.25) is 0 Å². The zero-order valence-electron chi connectivity index (χ0n) is 14.8. The molecule has 0 unspecified atom stereocenters. The van der Waals surface area contributed by atoms with Crippen molar-refractivity contribution in [3.05, 3.63) is 0 Å². The predicted molar refractivity (Wildman–Crippen MR) is 96.7 cm³/mol. The molecule has 0 aromatic carbocycles. The van der Waals surface area contributed by atoms with E-state index in [-0.39, 0.29) is 17.0 Å². The Bertz CT molecular complexity index is 196. The van der Waals surface area contributed by atoms with E-state index in [1.807, 2.05) is 0 Å². The maximum Gasteiger partial charge on any atom is 0.0782 e. The number of unbranched alkanes of at least 4 members (excludes halogenated alkanes) is 10. The monoisotopic (exact) mass is 427 g/mol. The Morgan fingerprint density at radius 3 is 1.43 bits per heavy atom. The van der Waals surface area contributed by atoms with Gasteiger partial charge in [-0.25, -0.2) is 0 Å². The van der Waals surface area contributed by atoms with Crippen LogP contribution in [-0.4, -0.2) is 37.0 Å². The van der Waals surface area contributed by atoms with E-state index in [2.05, 4.69) is 36.9 Å². The minimum absolute atomic E-state index is 0. The predicted octanol–water partition coefficient (Wildman–Crippen LogP) is 3.16. The average molecular weight is 429 g/mol. The Kier molecular flexibility index (Phi) is 19.9. The van der Waals surface area contributed by atoms with Crippen molar-refractivity contribution in [1.82, 2.24) is 0 Å². The third-order valence-electron chi connectivity index (χ3n) is 4.26. The van der Waals surface area contributed by atoms with Crippen molar-refractivity contribution >= 4 is 15.9 Å². The molecule has 0 amide bonds. The van der Waals surface area contributed by atoms with Crippen molar-refractivity contribution in [2.45, 2.75) is 84.0 Å². The molecule has 0 bridgehead atoms. The van der Waals surface area contributed by atoms with Gasteiger partial charge in [-0.15, -0.1) is 0 Å². The Labute approximate surface area is 153 Å². The zero-order valence-corrected chi connectivity index (χ0v) is 18.0. The van der Waals surface area contributed by atoms with Crippen molar-refractivity contribution in [2.24, 2.45) is 0 Å². The molecule has 3 heteroatoms. The first-order valence-corrected chi connectivity index (χ1v) is 10.1. The summed E-state index contributed by atoms with van der Waals surface area (Å²) in [4.78, 5) is 0. The van der Waals surface area contributed by atoms with Gasteiger partial charge in [0.05, 0.1) is 27.2 Å². The summed E-state index contributed by atoms with van der Waals surface area (Å²) in [6, 6.07) is 0. The van der Waals surface area contributed by atoms with Crippen LogP contribution in [-0.2, 0) is 0 Å². The molecule has 130 valence electrons. The van der Waals surface area contributed by atoms with Crippen molar-refractivity contribution < 1.29 is 21.5 Å². The third kappa shape index (κ3) is 18.9. The van der Waals surface area contributed by atoms with Gasteiger partial charge in [-0.3, -0.25) is 0 Å². The van der Waals surface area contributed by atoms with Crippen molar-refractivity contribution in [3.8, 4) is 0 Å². The summed E-state index contributed by atoms with van der Waals surface area (Å²) >= 11 is 3.50. The lowest BCUT2D eigenvalue weighted by Crippen LogP contribution is -3.00. The van der Waals surface area contributed by atoms with Crippen LogP contribution >= 0.6 is 15.9 Å². The molecule has 21 heavy (non-hydrogen) atoms. The van der Waals surface area contributed by atoms with E-state index in [4.69, 9.17) is 0 Å². The maximum atomic E-state index is 3.50. The standard InChI is InChI=1S/C18H39BrN.BrH/c1-4-5-6-7-11-14-17-20(2,3)18-15-12-9-8-10-13-16-19;/h4-18H2,1-3H3;1H/q+1;/p-1. The van der Waals surface area contributed by atoms with E-state index < -0.39 is 0 Å². The highest BCUT2D eigenvalue weighted by atomic mass is 79.9. The molecule has 0 saturated carbocycles. The van der Waals surface area contributed by atoms with Crippen LogP contribution in [0.5, 0.6) is 0 Å². The van der Waals surface area contributed by atoms with Crippen LogP contribution < -0.4 is 17.0 Å². The quantitative estimate of drug-likeness (QED) is 0.213. The number of hydrogen-bond acceptors (Lipinski definition) is 0. The van der Waals surface area contributed by atoms with Crippen LogP contribution in [0.3, 0.4) is 0 Å². The van der Waals surface area contributed by atoms with Gasteiger partial charge in [0.15, 0.2) is 0 Å². The summed E-state index contributed by atoms with van der Waals surface area (Å²) in [5.41, 5.74) is 0. The fourth-order valence-electron chi connectivity index (χ4n) is 2.77. The molecule has 0 saturated heterocycles. The molecule has 0 aliphatic heterocycles. The Morgan fingerprint density at radius 2 is 1.00 bits per heavy atom. The molecule has 0 aliphatic carbocycles. The fraction of sp³-hybridized carbons (Fsp3) is 1.00. The Morgan fingerprint density at radius 1 is 0.619 bits per heavy atom. The van der Waals surface area contributed by atoms with Crippen molar-refractivity contribution in [3.63, 3.8) is 0 Å². The number of quaternary nitrogens is 1. The molecule has 0 radical (unpaired) electrons. The molecule has 1 nitrogen and oxygen atoms in total. The maximum absolute atomic E-state index is 3.50. The highest BCUT2D eigenvalue weighted by Gasteiger charge is 2.13. The second kappa shape index (κ2) is 17.3. The molecule has 0 aliphatic rings. The van der Waals surface area contributed by atoms with Gasteiger partial charge in [0, 0.05) is 5.33 Å². The molecule has 0 spiro atoms. The minimum atomic E-state index is 0. The van der Waals surface area contributed by atoms with E-state index in [9.17, 15) is 0 Å². The van der Waals surface area contributed by atoms with Gasteiger partial charge in [-0.1, -0.05) is 67.8 Å². The lowest BCUT2D eigenvalue weighted by atomic mass is 10.1. The van der Waals surface area contributed by atoms with E-state index in [0.717, 1.165) is 0 Å². The number of rotatable bonds is 15. The smallest absolute Gasteiger partial charge is 0.0782 e. The van der Waals surface area contributed by atoms with Gasteiger partial charge in [0.1, 0.15) is 0 Å². The summed E-state index contributed by atoms with van der Waals surface area (Å²) in [5, 5.41) is 1.18. The molecule has 0 fully saturated rings. The molecule has 0 aromatic heterocycles. The third-order valence-corrected chi connectivity index (χ3v) is 4.82. The molecule has 0 heterocycles. The molecular weight excluding hydrogens is 390 g/mol. The number of hydrogen-bond donors (Lipinski definition) is 0.